The van der Waals surface area contributed by atoms with Crippen LogP contribution in [-0.4, -0.2) is 12.9 Å². The summed E-state index contributed by atoms with van der Waals surface area (Å²) in [5, 5.41) is 0. The number of rotatable bonds is 3. The van der Waals surface area contributed by atoms with Crippen LogP contribution < -0.4 is 4.74 Å². The van der Waals surface area contributed by atoms with Crippen molar-refractivity contribution in [3.8, 4) is 5.75 Å². The fraction of sp³-hybridized carbons (Fsp3) is 0.0714. The fourth-order valence-electron chi connectivity index (χ4n) is 1.66. The third-order valence-electron chi connectivity index (χ3n) is 2.55. The van der Waals surface area contributed by atoms with Gasteiger partial charge in [0, 0.05) is 5.56 Å². The molecule has 2 nitrogen and oxygen atoms in total. The highest BCUT2D eigenvalue weighted by atomic mass is 79.9. The van der Waals surface area contributed by atoms with Crippen LogP contribution in [-0.2, 0) is 0 Å². The molecule has 2 rings (SSSR count). The molecule has 0 aliphatic heterocycles. The number of para-hydroxylation sites is 1. The first-order valence-corrected chi connectivity index (χ1v) is 6.06. The fourth-order valence-corrected chi connectivity index (χ4v) is 2.10. The predicted molar refractivity (Wildman–Crippen MR) is 70.5 cm³/mol. The molecule has 4 heteroatoms. The van der Waals surface area contributed by atoms with Crippen molar-refractivity contribution >= 4 is 21.7 Å². The Hall–Kier alpha value is -1.68. The molecule has 0 heterocycles. The number of carbonyl (C=O) groups excluding carboxylic acids is 1. The van der Waals surface area contributed by atoms with Gasteiger partial charge in [-0.3, -0.25) is 4.79 Å². The lowest BCUT2D eigenvalue weighted by Crippen LogP contribution is -2.05. The van der Waals surface area contributed by atoms with E-state index in [0.29, 0.717) is 11.3 Å². The van der Waals surface area contributed by atoms with Crippen LogP contribution in [0.1, 0.15) is 15.9 Å². The molecule has 0 bridgehead atoms. The van der Waals surface area contributed by atoms with Gasteiger partial charge in [0.05, 0.1) is 17.1 Å². The van der Waals surface area contributed by atoms with Crippen LogP contribution in [0.15, 0.2) is 46.9 Å². The Morgan fingerprint density at radius 1 is 1.11 bits per heavy atom. The van der Waals surface area contributed by atoms with Gasteiger partial charge in [0.25, 0.3) is 0 Å². The zero-order chi connectivity index (χ0) is 13.1. The number of hydrogen-bond acceptors (Lipinski definition) is 2. The average molecular weight is 309 g/mol. The molecule has 0 N–H and O–H groups in total. The molecular formula is C14H10BrFO2. The first-order chi connectivity index (χ1) is 8.65. The number of benzene rings is 2. The molecule has 0 radical (unpaired) electrons. The Morgan fingerprint density at radius 2 is 1.78 bits per heavy atom. The van der Waals surface area contributed by atoms with Crippen LogP contribution >= 0.6 is 15.9 Å². The second-order valence-corrected chi connectivity index (χ2v) is 4.42. The zero-order valence-corrected chi connectivity index (χ0v) is 11.2. The molecule has 0 fully saturated rings. The summed E-state index contributed by atoms with van der Waals surface area (Å²) in [6.45, 7) is 0. The minimum absolute atomic E-state index is 0.168. The zero-order valence-electron chi connectivity index (χ0n) is 9.61. The standard InChI is InChI=1S/C14H10BrFO2/c1-18-12-8-3-2-5-9(12)14(17)10-6-4-7-11(16)13(10)15/h2-8H,1H3. The highest BCUT2D eigenvalue weighted by Crippen LogP contribution is 2.26. The molecule has 0 aliphatic carbocycles. The van der Waals surface area contributed by atoms with E-state index in [4.69, 9.17) is 4.74 Å². The maximum absolute atomic E-state index is 13.4. The summed E-state index contributed by atoms with van der Waals surface area (Å²) >= 11 is 3.09. The molecule has 92 valence electrons. The summed E-state index contributed by atoms with van der Waals surface area (Å²) in [6, 6.07) is 11.2. The van der Waals surface area contributed by atoms with Gasteiger partial charge in [-0.1, -0.05) is 18.2 Å². The molecule has 0 aliphatic rings. The number of methoxy groups -OCH3 is 1. The van der Waals surface area contributed by atoms with E-state index < -0.39 is 5.82 Å². The maximum atomic E-state index is 13.4. The monoisotopic (exact) mass is 308 g/mol. The van der Waals surface area contributed by atoms with E-state index in [1.165, 1.54) is 19.2 Å². The van der Waals surface area contributed by atoms with Crippen LogP contribution in [0.4, 0.5) is 4.39 Å². The molecule has 2 aromatic rings. The number of hydrogen-bond donors (Lipinski definition) is 0. The largest absolute Gasteiger partial charge is 0.496 e. The molecule has 0 saturated carbocycles. The summed E-state index contributed by atoms with van der Waals surface area (Å²) in [4.78, 5) is 12.3. The van der Waals surface area contributed by atoms with Crippen molar-refractivity contribution < 1.29 is 13.9 Å². The summed E-state index contributed by atoms with van der Waals surface area (Å²) < 4.78 is 18.7. The van der Waals surface area contributed by atoms with Gasteiger partial charge in [0.1, 0.15) is 11.6 Å². The summed E-state index contributed by atoms with van der Waals surface area (Å²) in [5.41, 5.74) is 0.686. The topological polar surface area (TPSA) is 26.3 Å². The smallest absolute Gasteiger partial charge is 0.197 e. The highest BCUT2D eigenvalue weighted by molar-refractivity contribution is 9.10. The second-order valence-electron chi connectivity index (χ2n) is 3.63. The van der Waals surface area contributed by atoms with Crippen LogP contribution in [0.3, 0.4) is 0 Å². The Morgan fingerprint density at radius 3 is 2.50 bits per heavy atom. The van der Waals surface area contributed by atoms with E-state index in [2.05, 4.69) is 15.9 Å². The Kier molecular flexibility index (Phi) is 3.77. The van der Waals surface area contributed by atoms with Gasteiger partial charge < -0.3 is 4.74 Å². The van der Waals surface area contributed by atoms with E-state index in [0.717, 1.165) is 0 Å². The number of carbonyl (C=O) groups is 1. The van der Waals surface area contributed by atoms with E-state index in [1.54, 1.807) is 30.3 Å². The van der Waals surface area contributed by atoms with Crippen molar-refractivity contribution in [2.24, 2.45) is 0 Å². The van der Waals surface area contributed by atoms with E-state index in [-0.39, 0.29) is 15.8 Å². The summed E-state index contributed by atoms with van der Waals surface area (Å²) in [6.07, 6.45) is 0. The molecule has 0 amide bonds. The second kappa shape index (κ2) is 5.31. The van der Waals surface area contributed by atoms with Gasteiger partial charge in [0.15, 0.2) is 5.78 Å². The Balaban J connectivity index is 2.52. The SMILES string of the molecule is COc1ccccc1C(=O)c1cccc(F)c1Br. The third kappa shape index (κ3) is 2.29. The molecule has 18 heavy (non-hydrogen) atoms. The number of halogens is 2. The number of ketones is 1. The Labute approximate surface area is 113 Å². The normalized spacial score (nSPS) is 10.2. The molecule has 0 spiro atoms. The van der Waals surface area contributed by atoms with Gasteiger partial charge in [-0.25, -0.2) is 4.39 Å². The van der Waals surface area contributed by atoms with Gasteiger partial charge in [0.2, 0.25) is 0 Å². The molecule has 0 aromatic heterocycles. The minimum Gasteiger partial charge on any atom is -0.496 e. The van der Waals surface area contributed by atoms with E-state index in [1.807, 2.05) is 0 Å². The molecule has 0 unspecified atom stereocenters. The van der Waals surface area contributed by atoms with Crippen LogP contribution in [0, 0.1) is 5.82 Å². The van der Waals surface area contributed by atoms with Crippen molar-refractivity contribution in [2.45, 2.75) is 0 Å². The lowest BCUT2D eigenvalue weighted by molar-refractivity contribution is 0.103. The van der Waals surface area contributed by atoms with Gasteiger partial charge in [-0.05, 0) is 40.2 Å². The number of ether oxygens (including phenoxy) is 1. The quantitative estimate of drug-likeness (QED) is 0.806. The lowest BCUT2D eigenvalue weighted by Gasteiger charge is -2.08. The van der Waals surface area contributed by atoms with Gasteiger partial charge in [-0.15, -0.1) is 0 Å². The van der Waals surface area contributed by atoms with Crippen molar-refractivity contribution in [2.75, 3.05) is 7.11 Å². The van der Waals surface area contributed by atoms with Crippen molar-refractivity contribution in [3.63, 3.8) is 0 Å². The van der Waals surface area contributed by atoms with E-state index in [9.17, 15) is 9.18 Å². The highest BCUT2D eigenvalue weighted by Gasteiger charge is 2.18. The first kappa shape index (κ1) is 12.8. The van der Waals surface area contributed by atoms with Gasteiger partial charge >= 0.3 is 0 Å². The summed E-state index contributed by atoms with van der Waals surface area (Å²) in [5.74, 6) is -0.270. The minimum atomic E-state index is -0.462. The third-order valence-corrected chi connectivity index (χ3v) is 3.35. The van der Waals surface area contributed by atoms with Crippen molar-refractivity contribution in [1.82, 2.24) is 0 Å². The molecular weight excluding hydrogens is 299 g/mol. The van der Waals surface area contributed by atoms with Gasteiger partial charge in [-0.2, -0.15) is 0 Å². The van der Waals surface area contributed by atoms with E-state index >= 15 is 0 Å². The van der Waals surface area contributed by atoms with Crippen LogP contribution in [0.25, 0.3) is 0 Å². The molecule has 0 saturated heterocycles. The molecule has 2 aromatic carbocycles. The first-order valence-electron chi connectivity index (χ1n) is 5.27. The molecule has 0 atom stereocenters. The van der Waals surface area contributed by atoms with Crippen LogP contribution in [0.2, 0.25) is 0 Å². The predicted octanol–water partition coefficient (Wildman–Crippen LogP) is 3.83. The summed E-state index contributed by atoms with van der Waals surface area (Å²) in [7, 11) is 1.49. The lowest BCUT2D eigenvalue weighted by atomic mass is 10.0. The van der Waals surface area contributed by atoms with Crippen molar-refractivity contribution in [1.29, 1.82) is 0 Å². The average Bonchev–Trinajstić information content (AvgIpc) is 2.41. The Bertz CT molecular complexity index is 596. The maximum Gasteiger partial charge on any atom is 0.197 e. The van der Waals surface area contributed by atoms with Crippen LogP contribution in [0.5, 0.6) is 5.75 Å². The van der Waals surface area contributed by atoms with Crippen molar-refractivity contribution in [3.05, 3.63) is 63.9 Å².